The molecule has 0 radical (unpaired) electrons. The number of anilines is 1. The second-order valence-corrected chi connectivity index (χ2v) is 10.9. The van der Waals surface area contributed by atoms with E-state index in [0.717, 1.165) is 37.0 Å². The number of carbonyl (C=O) groups excluding carboxylic acids is 2. The molecule has 2 amide bonds. The Hall–Kier alpha value is -2.34. The van der Waals surface area contributed by atoms with E-state index >= 15 is 0 Å². The highest BCUT2D eigenvalue weighted by atomic mass is 127. The van der Waals surface area contributed by atoms with Crippen molar-refractivity contribution in [1.82, 2.24) is 4.31 Å². The minimum Gasteiger partial charge on any atom is -0.274 e. The Bertz CT molecular complexity index is 1320. The van der Waals surface area contributed by atoms with Gasteiger partial charge in [-0.25, -0.2) is 17.7 Å². The van der Waals surface area contributed by atoms with Gasteiger partial charge in [0.25, 0.3) is 5.91 Å². The number of imide groups is 1. The smallest absolute Gasteiger partial charge is 0.252 e. The lowest BCUT2D eigenvalue weighted by atomic mass is 10.2. The maximum absolute atomic E-state index is 13.6. The fourth-order valence-electron chi connectivity index (χ4n) is 3.60. The molecular formula is C23H17ClFIN2O4S. The van der Waals surface area contributed by atoms with Crippen LogP contribution in [0.3, 0.4) is 0 Å². The van der Waals surface area contributed by atoms with Gasteiger partial charge in [0.2, 0.25) is 15.9 Å². The Labute approximate surface area is 209 Å². The number of sulfonamides is 1. The number of hydrogen-bond donors (Lipinski definition) is 0. The molecule has 1 saturated heterocycles. The average molecular weight is 599 g/mol. The molecule has 0 saturated carbocycles. The third-order valence-corrected chi connectivity index (χ3v) is 8.22. The maximum Gasteiger partial charge on any atom is 0.252 e. The summed E-state index contributed by atoms with van der Waals surface area (Å²) in [6.07, 6.45) is -0.324. The van der Waals surface area contributed by atoms with Crippen LogP contribution in [0, 0.1) is 9.39 Å². The van der Waals surface area contributed by atoms with E-state index in [-0.39, 0.29) is 17.9 Å². The largest absolute Gasteiger partial charge is 0.274 e. The molecule has 33 heavy (non-hydrogen) atoms. The van der Waals surface area contributed by atoms with Crippen molar-refractivity contribution in [3.63, 3.8) is 0 Å². The topological polar surface area (TPSA) is 74.8 Å². The fraction of sp³-hybridized carbons (Fsp3) is 0.130. The highest BCUT2D eigenvalue weighted by Gasteiger charge is 2.47. The molecule has 0 N–H and O–H groups in total. The van der Waals surface area contributed by atoms with Crippen molar-refractivity contribution >= 4 is 61.7 Å². The van der Waals surface area contributed by atoms with E-state index in [1.54, 1.807) is 48.5 Å². The zero-order chi connectivity index (χ0) is 23.8. The number of nitrogens with zero attached hydrogens (tertiary/aromatic N) is 2. The second kappa shape index (κ2) is 9.49. The van der Waals surface area contributed by atoms with Crippen LogP contribution in [0.2, 0.25) is 5.02 Å². The van der Waals surface area contributed by atoms with E-state index in [2.05, 4.69) is 22.6 Å². The van der Waals surface area contributed by atoms with Gasteiger partial charge in [-0.2, -0.15) is 4.31 Å². The molecule has 1 aliphatic heterocycles. The highest BCUT2D eigenvalue weighted by Crippen LogP contribution is 2.32. The molecule has 1 unspecified atom stereocenters. The number of amides is 2. The molecular weight excluding hydrogens is 582 g/mol. The summed E-state index contributed by atoms with van der Waals surface area (Å²) in [4.78, 5) is 27.0. The van der Waals surface area contributed by atoms with E-state index in [9.17, 15) is 22.4 Å². The summed E-state index contributed by atoms with van der Waals surface area (Å²) in [6.45, 7) is -0.233. The number of halogens is 3. The Balaban J connectivity index is 1.77. The zero-order valence-corrected chi connectivity index (χ0v) is 20.7. The van der Waals surface area contributed by atoms with Gasteiger partial charge < -0.3 is 0 Å². The van der Waals surface area contributed by atoms with Crippen LogP contribution in [0.1, 0.15) is 12.0 Å². The van der Waals surface area contributed by atoms with Crippen LogP contribution >= 0.6 is 34.2 Å². The molecule has 0 aliphatic carbocycles. The first kappa shape index (κ1) is 23.8. The van der Waals surface area contributed by atoms with Gasteiger partial charge in [0, 0.05) is 15.1 Å². The summed E-state index contributed by atoms with van der Waals surface area (Å²) in [6, 6.07) is 16.5. The van der Waals surface area contributed by atoms with Crippen molar-refractivity contribution in [3.05, 3.63) is 92.8 Å². The van der Waals surface area contributed by atoms with Gasteiger partial charge >= 0.3 is 0 Å². The third kappa shape index (κ3) is 4.81. The normalized spacial score (nSPS) is 16.6. The van der Waals surface area contributed by atoms with E-state index in [0.29, 0.717) is 16.3 Å². The summed E-state index contributed by atoms with van der Waals surface area (Å²) < 4.78 is 42.4. The van der Waals surface area contributed by atoms with Crippen LogP contribution < -0.4 is 4.90 Å². The Morgan fingerprint density at radius 3 is 2.27 bits per heavy atom. The molecule has 4 rings (SSSR count). The van der Waals surface area contributed by atoms with Gasteiger partial charge in [-0.1, -0.05) is 29.8 Å². The van der Waals surface area contributed by atoms with E-state index < -0.39 is 33.7 Å². The van der Waals surface area contributed by atoms with Gasteiger partial charge in [-0.3, -0.25) is 9.59 Å². The van der Waals surface area contributed by atoms with Gasteiger partial charge in [-0.05, 0) is 82.8 Å². The van der Waals surface area contributed by atoms with Crippen molar-refractivity contribution in [1.29, 1.82) is 0 Å². The van der Waals surface area contributed by atoms with Crippen molar-refractivity contribution in [2.45, 2.75) is 23.9 Å². The first-order chi connectivity index (χ1) is 15.7. The number of benzene rings is 3. The van der Waals surface area contributed by atoms with Crippen LogP contribution in [0.5, 0.6) is 0 Å². The third-order valence-electron chi connectivity index (χ3n) is 5.26. The molecule has 10 heteroatoms. The van der Waals surface area contributed by atoms with Crippen LogP contribution in [0.15, 0.2) is 77.7 Å². The second-order valence-electron chi connectivity index (χ2n) is 7.36. The van der Waals surface area contributed by atoms with Crippen LogP contribution in [0.4, 0.5) is 10.1 Å². The Kier molecular flexibility index (Phi) is 6.85. The van der Waals surface area contributed by atoms with Gasteiger partial charge in [-0.15, -0.1) is 0 Å². The predicted molar refractivity (Wildman–Crippen MR) is 131 cm³/mol. The SMILES string of the molecule is O=C1CC(N(Cc2ccccc2Cl)S(=O)(=O)c2ccc(F)cc2)C(=O)N1c1ccc(I)cc1. The lowest BCUT2D eigenvalue weighted by Gasteiger charge is -2.27. The zero-order valence-electron chi connectivity index (χ0n) is 17.0. The van der Waals surface area contributed by atoms with Gasteiger partial charge in [0.05, 0.1) is 17.0 Å². The monoisotopic (exact) mass is 598 g/mol. The van der Waals surface area contributed by atoms with Gasteiger partial charge in [0.15, 0.2) is 0 Å². The molecule has 1 atom stereocenters. The first-order valence-corrected chi connectivity index (χ1v) is 12.7. The average Bonchev–Trinajstić information content (AvgIpc) is 3.07. The predicted octanol–water partition coefficient (Wildman–Crippen LogP) is 4.61. The minimum atomic E-state index is -4.28. The quantitative estimate of drug-likeness (QED) is 0.307. The molecule has 1 heterocycles. The molecule has 0 spiro atoms. The Morgan fingerprint density at radius 1 is 1.00 bits per heavy atom. The lowest BCUT2D eigenvalue weighted by molar-refractivity contribution is -0.122. The molecule has 3 aromatic carbocycles. The standard InChI is InChI=1S/C23H17ClFIN2O4S/c24-20-4-2-1-3-15(20)14-27(33(31,32)19-11-5-16(25)6-12-19)21-13-22(29)28(23(21)30)18-9-7-17(26)8-10-18/h1-12,21H,13-14H2. The van der Waals surface area contributed by atoms with Crippen molar-refractivity contribution in [2.75, 3.05) is 4.90 Å². The van der Waals surface area contributed by atoms with Crippen molar-refractivity contribution in [2.24, 2.45) is 0 Å². The number of rotatable bonds is 6. The summed E-state index contributed by atoms with van der Waals surface area (Å²) in [5, 5.41) is 0.322. The summed E-state index contributed by atoms with van der Waals surface area (Å²) in [5.74, 6) is -1.76. The maximum atomic E-state index is 13.6. The minimum absolute atomic E-state index is 0.191. The van der Waals surface area contributed by atoms with E-state index in [4.69, 9.17) is 11.6 Å². The van der Waals surface area contributed by atoms with E-state index in [1.807, 2.05) is 0 Å². The molecule has 1 fully saturated rings. The molecule has 1 aliphatic rings. The molecule has 6 nitrogen and oxygen atoms in total. The van der Waals surface area contributed by atoms with Crippen molar-refractivity contribution in [3.8, 4) is 0 Å². The molecule has 0 bridgehead atoms. The number of hydrogen-bond acceptors (Lipinski definition) is 4. The van der Waals surface area contributed by atoms with Crippen LogP contribution in [0.25, 0.3) is 0 Å². The van der Waals surface area contributed by atoms with E-state index in [1.165, 1.54) is 0 Å². The summed E-state index contributed by atoms with van der Waals surface area (Å²) >= 11 is 8.37. The molecule has 3 aromatic rings. The number of carbonyl (C=O) groups is 2. The van der Waals surface area contributed by atoms with Gasteiger partial charge in [0.1, 0.15) is 11.9 Å². The Morgan fingerprint density at radius 2 is 1.64 bits per heavy atom. The molecule has 0 aromatic heterocycles. The molecule has 170 valence electrons. The van der Waals surface area contributed by atoms with Crippen LogP contribution in [-0.4, -0.2) is 30.6 Å². The lowest BCUT2D eigenvalue weighted by Crippen LogP contribution is -2.45. The highest BCUT2D eigenvalue weighted by molar-refractivity contribution is 14.1. The fourth-order valence-corrected chi connectivity index (χ4v) is 5.72. The summed E-state index contributed by atoms with van der Waals surface area (Å²) in [7, 11) is -4.28. The van der Waals surface area contributed by atoms with Crippen molar-refractivity contribution < 1.29 is 22.4 Å². The summed E-state index contributed by atoms with van der Waals surface area (Å²) in [5.41, 5.74) is 0.836. The van der Waals surface area contributed by atoms with Crippen LogP contribution in [-0.2, 0) is 26.2 Å². The first-order valence-electron chi connectivity index (χ1n) is 9.81.